The molecule has 0 aromatic heterocycles. The number of ether oxygens (including phenoxy) is 1. The molecule has 0 spiro atoms. The van der Waals surface area contributed by atoms with Gasteiger partial charge in [-0.25, -0.2) is 0 Å². The molecule has 0 heterocycles. The number of thiol groups is 1. The lowest BCUT2D eigenvalue weighted by Crippen LogP contribution is -2.44. The first kappa shape index (κ1) is 17.4. The Morgan fingerprint density at radius 1 is 1.41 bits per heavy atom. The Kier molecular flexibility index (Phi) is 9.62. The van der Waals surface area contributed by atoms with E-state index in [1.165, 1.54) is 10.8 Å². The first-order valence-corrected chi connectivity index (χ1v) is 8.87. The Morgan fingerprint density at radius 3 is 2.53 bits per heavy atom. The summed E-state index contributed by atoms with van der Waals surface area (Å²) in [5.41, 5.74) is 0. The highest BCUT2D eigenvalue weighted by atomic mass is 33.5. The second kappa shape index (κ2) is 9.38. The summed E-state index contributed by atoms with van der Waals surface area (Å²) in [6, 6.07) is 0. The van der Waals surface area contributed by atoms with Gasteiger partial charge in [0, 0.05) is 6.42 Å². The minimum Gasteiger partial charge on any atom is -0.407 e. The lowest BCUT2D eigenvalue weighted by Gasteiger charge is -2.28. The van der Waals surface area contributed by atoms with Gasteiger partial charge in [0.15, 0.2) is 0 Å². The Labute approximate surface area is 115 Å². The van der Waals surface area contributed by atoms with Crippen molar-refractivity contribution < 1.29 is 19.7 Å². The molecule has 17 heavy (non-hydrogen) atoms. The zero-order chi connectivity index (χ0) is 13.3. The monoisotopic (exact) mass is 300 g/mol. The average molecular weight is 300 g/mol. The lowest BCUT2D eigenvalue weighted by molar-refractivity contribution is -0.318. The van der Waals surface area contributed by atoms with Crippen LogP contribution < -0.4 is 0 Å². The van der Waals surface area contributed by atoms with Crippen LogP contribution in [0.15, 0.2) is 0 Å². The molecule has 1 atom stereocenters. The molecule has 2 N–H and O–H groups in total. The van der Waals surface area contributed by atoms with E-state index in [2.05, 4.69) is 11.7 Å². The third-order valence-corrected chi connectivity index (χ3v) is 4.71. The number of hydrogen-bond donors (Lipinski definition) is 3. The number of carbonyl (C=O) groups excluding carboxylic acids is 1. The van der Waals surface area contributed by atoms with Crippen molar-refractivity contribution in [2.75, 3.05) is 0 Å². The average Bonchev–Trinajstić information content (AvgIpc) is 2.23. The molecule has 0 bridgehead atoms. The maximum Gasteiger partial charge on any atom is 0.337 e. The highest BCUT2D eigenvalue weighted by molar-refractivity contribution is 9.05. The number of unbranched alkanes of at least 4 members (excludes halogenated alkanes) is 1. The zero-order valence-corrected chi connectivity index (χ0v) is 12.6. The third kappa shape index (κ3) is 7.46. The molecule has 1 unspecified atom stereocenters. The number of hydrogen-bond acceptors (Lipinski definition) is 7. The van der Waals surface area contributed by atoms with E-state index in [-0.39, 0.29) is 6.42 Å². The van der Waals surface area contributed by atoms with E-state index in [0.717, 1.165) is 22.7 Å². The predicted octanol–water partition coefficient (Wildman–Crippen LogP) is 2.75. The van der Waals surface area contributed by atoms with Gasteiger partial charge in [-0.15, -0.1) is 0 Å². The van der Waals surface area contributed by atoms with Gasteiger partial charge in [-0.05, 0) is 22.7 Å². The Morgan fingerprint density at radius 2 is 2.06 bits per heavy atom. The minimum absolute atomic E-state index is 0.183. The summed E-state index contributed by atoms with van der Waals surface area (Å²) < 4.78 is 4.69. The largest absolute Gasteiger partial charge is 0.407 e. The van der Waals surface area contributed by atoms with Crippen LogP contribution in [0.1, 0.15) is 46.0 Å². The fourth-order valence-electron chi connectivity index (χ4n) is 1.23. The van der Waals surface area contributed by atoms with Crippen LogP contribution in [0.3, 0.4) is 0 Å². The molecular formula is C10H20O4S3. The van der Waals surface area contributed by atoms with Gasteiger partial charge in [-0.1, -0.05) is 49.1 Å². The molecule has 0 radical (unpaired) electrons. The molecule has 4 nitrogen and oxygen atoms in total. The molecule has 0 aromatic rings. The molecule has 0 fully saturated rings. The first-order valence-electron chi connectivity index (χ1n) is 5.61. The van der Waals surface area contributed by atoms with Crippen molar-refractivity contribution in [3.63, 3.8) is 0 Å². The van der Waals surface area contributed by atoms with Crippen molar-refractivity contribution in [2.24, 2.45) is 0 Å². The van der Waals surface area contributed by atoms with Gasteiger partial charge < -0.3 is 14.9 Å². The van der Waals surface area contributed by atoms with Crippen molar-refractivity contribution in [3.8, 4) is 0 Å². The molecule has 0 rings (SSSR count). The maximum absolute atomic E-state index is 11.3. The zero-order valence-electron chi connectivity index (χ0n) is 10.1. The van der Waals surface area contributed by atoms with Crippen LogP contribution in [-0.2, 0) is 9.53 Å². The third-order valence-electron chi connectivity index (χ3n) is 2.12. The van der Waals surface area contributed by atoms with Crippen molar-refractivity contribution in [2.45, 2.75) is 57.2 Å². The first-order chi connectivity index (χ1) is 7.97. The normalized spacial score (nSPS) is 13.5. The standard InChI is InChI=1S/C10H20O4S3/c1-3-5-7-8(16-17-15)10(12,13)14-9(11)6-4-2/h8,12-13,15H,3-7H2,1-2H3. The number of carbonyl (C=O) groups is 1. The maximum atomic E-state index is 11.3. The summed E-state index contributed by atoms with van der Waals surface area (Å²) in [5.74, 6) is -3.01. The molecule has 0 aliphatic rings. The molecule has 0 aliphatic carbocycles. The number of esters is 1. The quantitative estimate of drug-likeness (QED) is 0.263. The molecule has 0 saturated heterocycles. The van der Waals surface area contributed by atoms with E-state index in [1.54, 1.807) is 0 Å². The van der Waals surface area contributed by atoms with E-state index >= 15 is 0 Å². The summed E-state index contributed by atoms with van der Waals surface area (Å²) in [4.78, 5) is 11.3. The van der Waals surface area contributed by atoms with E-state index in [1.807, 2.05) is 13.8 Å². The van der Waals surface area contributed by atoms with E-state index in [4.69, 9.17) is 4.74 Å². The molecule has 0 aromatic carbocycles. The Bertz CT molecular complexity index is 224. The van der Waals surface area contributed by atoms with E-state index in [0.29, 0.717) is 12.8 Å². The topological polar surface area (TPSA) is 66.8 Å². The highest BCUT2D eigenvalue weighted by Gasteiger charge is 2.39. The van der Waals surface area contributed by atoms with Crippen LogP contribution in [0.25, 0.3) is 0 Å². The van der Waals surface area contributed by atoms with E-state index in [9.17, 15) is 15.0 Å². The summed E-state index contributed by atoms with van der Waals surface area (Å²) in [6.45, 7) is 3.83. The van der Waals surface area contributed by atoms with Crippen molar-refractivity contribution in [1.82, 2.24) is 0 Å². The van der Waals surface area contributed by atoms with Crippen molar-refractivity contribution >= 4 is 38.2 Å². The molecule has 0 saturated carbocycles. The van der Waals surface area contributed by atoms with Crippen molar-refractivity contribution in [1.29, 1.82) is 0 Å². The summed E-state index contributed by atoms with van der Waals surface area (Å²) in [7, 11) is 2.31. The van der Waals surface area contributed by atoms with Crippen LogP contribution in [-0.4, -0.2) is 27.4 Å². The van der Waals surface area contributed by atoms with Gasteiger partial charge in [-0.3, -0.25) is 4.79 Å². The van der Waals surface area contributed by atoms with Gasteiger partial charge in [0.25, 0.3) is 0 Å². The van der Waals surface area contributed by atoms with Crippen LogP contribution in [0.2, 0.25) is 0 Å². The van der Waals surface area contributed by atoms with Gasteiger partial charge in [-0.2, -0.15) is 0 Å². The SMILES string of the molecule is CCCCC(SSS)C(O)(O)OC(=O)CCC. The van der Waals surface area contributed by atoms with Crippen LogP contribution in [0, 0.1) is 0 Å². The summed E-state index contributed by atoms with van der Waals surface area (Å²) in [6.07, 6.45) is 3.12. The predicted molar refractivity (Wildman–Crippen MR) is 75.6 cm³/mol. The van der Waals surface area contributed by atoms with Crippen molar-refractivity contribution in [3.05, 3.63) is 0 Å². The number of rotatable bonds is 9. The molecular weight excluding hydrogens is 280 g/mol. The van der Waals surface area contributed by atoms with Gasteiger partial charge in [0.2, 0.25) is 0 Å². The van der Waals surface area contributed by atoms with Gasteiger partial charge in [0.1, 0.15) is 5.25 Å². The summed E-state index contributed by atoms with van der Waals surface area (Å²) >= 11 is 3.96. The van der Waals surface area contributed by atoms with Crippen LogP contribution in [0.5, 0.6) is 0 Å². The smallest absolute Gasteiger partial charge is 0.337 e. The second-order valence-electron chi connectivity index (χ2n) is 3.68. The Balaban J connectivity index is 4.40. The fraction of sp³-hybridized carbons (Fsp3) is 0.900. The highest BCUT2D eigenvalue weighted by Crippen LogP contribution is 2.38. The molecule has 102 valence electrons. The van der Waals surface area contributed by atoms with E-state index < -0.39 is 17.2 Å². The van der Waals surface area contributed by atoms with Crippen LogP contribution in [0.4, 0.5) is 0 Å². The lowest BCUT2D eigenvalue weighted by atomic mass is 10.2. The van der Waals surface area contributed by atoms with Crippen LogP contribution >= 0.6 is 32.3 Å². The molecule has 7 heteroatoms. The van der Waals surface area contributed by atoms with Gasteiger partial charge in [0.05, 0.1) is 0 Å². The summed E-state index contributed by atoms with van der Waals surface area (Å²) in [5, 5.41) is 19.0. The number of aliphatic hydroxyl groups is 2. The van der Waals surface area contributed by atoms with Gasteiger partial charge >= 0.3 is 11.9 Å². The molecule has 0 amide bonds. The minimum atomic E-state index is -2.41. The molecule has 0 aliphatic heterocycles. The second-order valence-corrected chi connectivity index (χ2v) is 6.96. The fourth-order valence-corrected chi connectivity index (χ4v) is 3.68. The Hall–Kier alpha value is 0.440.